The molecule has 0 aliphatic rings. The summed E-state index contributed by atoms with van der Waals surface area (Å²) in [4.78, 5) is 12.3. The highest BCUT2D eigenvalue weighted by Crippen LogP contribution is 2.21. The van der Waals surface area contributed by atoms with Crippen LogP contribution in [0.5, 0.6) is 0 Å². The van der Waals surface area contributed by atoms with Crippen LogP contribution in [-0.2, 0) is 0 Å². The lowest BCUT2D eigenvalue weighted by atomic mass is 9.92. The predicted octanol–water partition coefficient (Wildman–Crippen LogP) is 4.12. The maximum atomic E-state index is 13.2. The Morgan fingerprint density at radius 1 is 1.11 bits per heavy atom. The fourth-order valence-corrected chi connectivity index (χ4v) is 1.94. The summed E-state index contributed by atoms with van der Waals surface area (Å²) in [5.41, 5.74) is 2.04. The molecule has 0 N–H and O–H groups in total. The molecular formula is C16H15FO. The van der Waals surface area contributed by atoms with Gasteiger partial charge in [-0.1, -0.05) is 37.3 Å². The quantitative estimate of drug-likeness (QED) is 0.740. The number of carbonyl (C=O) groups excluding carboxylic acids is 1. The van der Waals surface area contributed by atoms with Crippen molar-refractivity contribution in [2.75, 3.05) is 0 Å². The zero-order valence-electron chi connectivity index (χ0n) is 10.5. The van der Waals surface area contributed by atoms with Gasteiger partial charge in [-0.05, 0) is 36.2 Å². The highest BCUT2D eigenvalue weighted by molar-refractivity contribution is 6.00. The van der Waals surface area contributed by atoms with Crippen LogP contribution in [0.4, 0.5) is 4.39 Å². The van der Waals surface area contributed by atoms with Gasteiger partial charge in [0, 0.05) is 11.5 Å². The van der Waals surface area contributed by atoms with Crippen LogP contribution in [0.3, 0.4) is 0 Å². The summed E-state index contributed by atoms with van der Waals surface area (Å²) in [7, 11) is 0. The number of halogens is 1. The topological polar surface area (TPSA) is 17.1 Å². The van der Waals surface area contributed by atoms with Crippen LogP contribution in [0.25, 0.3) is 0 Å². The highest BCUT2D eigenvalue weighted by Gasteiger charge is 2.17. The largest absolute Gasteiger partial charge is 0.294 e. The summed E-state index contributed by atoms with van der Waals surface area (Å²) in [6.45, 7) is 3.54. The molecule has 2 heteroatoms. The van der Waals surface area contributed by atoms with Gasteiger partial charge in [0.2, 0.25) is 0 Å². The van der Waals surface area contributed by atoms with Crippen molar-refractivity contribution in [2.24, 2.45) is 0 Å². The molecule has 0 bridgehead atoms. The van der Waals surface area contributed by atoms with Crippen molar-refractivity contribution in [3.05, 3.63) is 71.0 Å². The standard InChI is InChI=1S/C16H15FO/c1-11-10-14(8-9-15(11)17)16(18)12(2)13-6-4-3-5-7-13/h3-10,12H,1-2H3/t12-/m0/s1. The van der Waals surface area contributed by atoms with Gasteiger partial charge in [-0.15, -0.1) is 0 Å². The average molecular weight is 242 g/mol. The number of Topliss-reactive ketones (excluding diaryl/α,β-unsaturated/α-hetero) is 1. The third kappa shape index (κ3) is 2.48. The normalized spacial score (nSPS) is 12.2. The molecule has 0 aliphatic carbocycles. The molecule has 0 unspecified atom stereocenters. The molecule has 18 heavy (non-hydrogen) atoms. The molecular weight excluding hydrogens is 227 g/mol. The lowest BCUT2D eigenvalue weighted by Gasteiger charge is -2.11. The minimum Gasteiger partial charge on any atom is -0.294 e. The Hall–Kier alpha value is -1.96. The Balaban J connectivity index is 2.29. The second-order valence-electron chi connectivity index (χ2n) is 4.46. The van der Waals surface area contributed by atoms with E-state index in [1.165, 1.54) is 6.07 Å². The van der Waals surface area contributed by atoms with Gasteiger partial charge in [0.25, 0.3) is 0 Å². The van der Waals surface area contributed by atoms with E-state index < -0.39 is 0 Å². The van der Waals surface area contributed by atoms with Gasteiger partial charge in [-0.2, -0.15) is 0 Å². The van der Waals surface area contributed by atoms with Crippen LogP contribution in [0, 0.1) is 12.7 Å². The van der Waals surface area contributed by atoms with Crippen molar-refractivity contribution in [2.45, 2.75) is 19.8 Å². The van der Waals surface area contributed by atoms with Crippen molar-refractivity contribution >= 4 is 5.78 Å². The van der Waals surface area contributed by atoms with Crippen molar-refractivity contribution < 1.29 is 9.18 Å². The van der Waals surface area contributed by atoms with E-state index in [-0.39, 0.29) is 17.5 Å². The Labute approximate surface area is 106 Å². The van der Waals surface area contributed by atoms with E-state index >= 15 is 0 Å². The van der Waals surface area contributed by atoms with Crippen LogP contribution < -0.4 is 0 Å². The van der Waals surface area contributed by atoms with Gasteiger partial charge in [0.05, 0.1) is 0 Å². The van der Waals surface area contributed by atoms with Crippen molar-refractivity contribution in [1.29, 1.82) is 0 Å². The number of carbonyl (C=O) groups is 1. The van der Waals surface area contributed by atoms with E-state index in [1.54, 1.807) is 19.1 Å². The minimum atomic E-state index is -0.279. The lowest BCUT2D eigenvalue weighted by molar-refractivity contribution is 0.0966. The van der Waals surface area contributed by atoms with E-state index in [2.05, 4.69) is 0 Å². The van der Waals surface area contributed by atoms with Gasteiger partial charge in [-0.3, -0.25) is 4.79 Å². The molecule has 1 atom stereocenters. The molecule has 0 aromatic heterocycles. The molecule has 0 spiro atoms. The first-order chi connectivity index (χ1) is 8.59. The summed E-state index contributed by atoms with van der Waals surface area (Å²) in [5, 5.41) is 0. The third-order valence-electron chi connectivity index (χ3n) is 3.14. The Morgan fingerprint density at radius 3 is 2.39 bits per heavy atom. The van der Waals surface area contributed by atoms with Gasteiger partial charge in [0.15, 0.2) is 5.78 Å². The number of hydrogen-bond donors (Lipinski definition) is 0. The molecule has 2 rings (SSSR count). The van der Waals surface area contributed by atoms with E-state index in [0.29, 0.717) is 11.1 Å². The second-order valence-corrected chi connectivity index (χ2v) is 4.46. The third-order valence-corrected chi connectivity index (χ3v) is 3.14. The minimum absolute atomic E-state index is 0.0179. The van der Waals surface area contributed by atoms with E-state index in [4.69, 9.17) is 0 Å². The SMILES string of the molecule is Cc1cc(C(=O)[C@@H](C)c2ccccc2)ccc1F. The molecule has 0 saturated carbocycles. The Bertz CT molecular complexity index is 561. The molecule has 0 radical (unpaired) electrons. The molecule has 0 fully saturated rings. The molecule has 0 saturated heterocycles. The van der Waals surface area contributed by atoms with Crippen molar-refractivity contribution in [1.82, 2.24) is 0 Å². The zero-order valence-corrected chi connectivity index (χ0v) is 10.5. The second kappa shape index (κ2) is 5.13. The zero-order chi connectivity index (χ0) is 13.1. The lowest BCUT2D eigenvalue weighted by Crippen LogP contribution is -2.10. The molecule has 0 heterocycles. The van der Waals surface area contributed by atoms with Crippen LogP contribution in [0.2, 0.25) is 0 Å². The monoisotopic (exact) mass is 242 g/mol. The maximum Gasteiger partial charge on any atom is 0.170 e. The fourth-order valence-electron chi connectivity index (χ4n) is 1.94. The predicted molar refractivity (Wildman–Crippen MR) is 70.3 cm³/mol. The Morgan fingerprint density at radius 2 is 1.78 bits per heavy atom. The van der Waals surface area contributed by atoms with E-state index in [1.807, 2.05) is 37.3 Å². The van der Waals surface area contributed by atoms with Crippen molar-refractivity contribution in [3.8, 4) is 0 Å². The van der Waals surface area contributed by atoms with Gasteiger partial charge < -0.3 is 0 Å². The van der Waals surface area contributed by atoms with Gasteiger partial charge in [0.1, 0.15) is 5.82 Å². The summed E-state index contributed by atoms with van der Waals surface area (Å²) in [6, 6.07) is 14.1. The number of hydrogen-bond acceptors (Lipinski definition) is 1. The van der Waals surface area contributed by atoms with Crippen LogP contribution >= 0.6 is 0 Å². The van der Waals surface area contributed by atoms with Gasteiger partial charge >= 0.3 is 0 Å². The number of rotatable bonds is 3. The number of ketones is 1. The van der Waals surface area contributed by atoms with Crippen LogP contribution in [0.15, 0.2) is 48.5 Å². The average Bonchev–Trinajstić information content (AvgIpc) is 2.41. The first-order valence-corrected chi connectivity index (χ1v) is 5.95. The van der Waals surface area contributed by atoms with Crippen LogP contribution in [0.1, 0.15) is 34.3 Å². The molecule has 0 amide bonds. The van der Waals surface area contributed by atoms with E-state index in [0.717, 1.165) is 5.56 Å². The molecule has 1 nitrogen and oxygen atoms in total. The number of aryl methyl sites for hydroxylation is 1. The number of benzene rings is 2. The van der Waals surface area contributed by atoms with Crippen molar-refractivity contribution in [3.63, 3.8) is 0 Å². The van der Waals surface area contributed by atoms with Crippen LogP contribution in [-0.4, -0.2) is 5.78 Å². The summed E-state index contributed by atoms with van der Waals surface area (Å²) in [6.07, 6.45) is 0. The molecule has 92 valence electrons. The maximum absolute atomic E-state index is 13.2. The highest BCUT2D eigenvalue weighted by atomic mass is 19.1. The molecule has 0 aliphatic heterocycles. The molecule has 2 aromatic carbocycles. The molecule has 2 aromatic rings. The fraction of sp³-hybridized carbons (Fsp3) is 0.188. The summed E-state index contributed by atoms with van der Waals surface area (Å²) in [5.74, 6) is -0.473. The smallest absolute Gasteiger partial charge is 0.170 e. The first-order valence-electron chi connectivity index (χ1n) is 5.95. The van der Waals surface area contributed by atoms with Gasteiger partial charge in [-0.25, -0.2) is 4.39 Å². The summed E-state index contributed by atoms with van der Waals surface area (Å²) >= 11 is 0. The Kier molecular flexibility index (Phi) is 3.56. The summed E-state index contributed by atoms with van der Waals surface area (Å²) < 4.78 is 13.2. The van der Waals surface area contributed by atoms with E-state index in [9.17, 15) is 9.18 Å². The first kappa shape index (κ1) is 12.5.